The fourth-order valence-electron chi connectivity index (χ4n) is 10.4. The molecule has 19 heteroatoms. The average Bonchev–Trinajstić information content (AvgIpc) is 3.52. The summed E-state index contributed by atoms with van der Waals surface area (Å²) in [5.74, 6) is -0.642. The Morgan fingerprint density at radius 3 is 0.864 bits per heavy atom. The lowest BCUT2D eigenvalue weighted by molar-refractivity contribution is -0.161. The predicted octanol–water partition coefficient (Wildman–Crippen LogP) is 19.6. The number of phosphoric acid groups is 2. The van der Waals surface area contributed by atoms with E-state index in [4.69, 9.17) is 37.0 Å². The first-order valence-electron chi connectivity index (χ1n) is 36.0. The van der Waals surface area contributed by atoms with Crippen molar-refractivity contribution in [1.29, 1.82) is 0 Å². The van der Waals surface area contributed by atoms with Crippen LogP contribution in [0.4, 0.5) is 0 Å². The molecule has 0 fully saturated rings. The van der Waals surface area contributed by atoms with Crippen LogP contribution in [0.5, 0.6) is 0 Å². The van der Waals surface area contributed by atoms with E-state index in [0.29, 0.717) is 31.6 Å². The van der Waals surface area contributed by atoms with Crippen LogP contribution in [0.25, 0.3) is 0 Å². The highest BCUT2D eigenvalue weighted by molar-refractivity contribution is 7.47. The van der Waals surface area contributed by atoms with Crippen molar-refractivity contribution in [2.24, 2.45) is 11.8 Å². The number of phosphoric ester groups is 2. The van der Waals surface area contributed by atoms with Crippen molar-refractivity contribution in [2.75, 3.05) is 39.6 Å². The third-order valence-corrected chi connectivity index (χ3v) is 18.2. The van der Waals surface area contributed by atoms with Crippen LogP contribution in [0.2, 0.25) is 0 Å². The summed E-state index contributed by atoms with van der Waals surface area (Å²) >= 11 is 0. The zero-order valence-corrected chi connectivity index (χ0v) is 58.8. The summed E-state index contributed by atoms with van der Waals surface area (Å²) in [6.07, 6.45) is 45.7. The van der Waals surface area contributed by atoms with Crippen LogP contribution in [0.3, 0.4) is 0 Å². The van der Waals surface area contributed by atoms with E-state index in [2.05, 4.69) is 41.5 Å². The average molecular weight is 1300 g/mol. The first kappa shape index (κ1) is 86.1. The lowest BCUT2D eigenvalue weighted by atomic mass is 9.99. The van der Waals surface area contributed by atoms with Crippen molar-refractivity contribution in [3.05, 3.63) is 0 Å². The standard InChI is InChI=1S/C69H134O17P2/c1-7-10-12-14-16-18-20-21-22-23-25-27-35-42-48-54-69(74)85-64(57-79-66(71)51-45-39-33-29-28-32-38-44-50-62(6)9-3)59-83-87(75,76)81-55-63(70)56-82-88(77,78)84-60-65(58-80-67(72)52-46-40-36-30-31-37-43-49-61(4)5)86-68(73)53-47-41-34-26-24-19-17-15-13-11-8-2/h61-65,70H,7-60H2,1-6H3,(H,75,76)(H,77,78)/t62?,63-,64-,65-/m1/s1. The van der Waals surface area contributed by atoms with Crippen LogP contribution in [-0.4, -0.2) is 96.7 Å². The molecule has 0 saturated carbocycles. The molecule has 0 heterocycles. The highest BCUT2D eigenvalue weighted by Crippen LogP contribution is 2.45. The van der Waals surface area contributed by atoms with Crippen molar-refractivity contribution in [2.45, 2.75) is 368 Å². The molecule has 0 aromatic rings. The summed E-state index contributed by atoms with van der Waals surface area (Å²) in [5, 5.41) is 10.6. The summed E-state index contributed by atoms with van der Waals surface area (Å²) in [4.78, 5) is 72.5. The smallest absolute Gasteiger partial charge is 0.462 e. The molecule has 17 nitrogen and oxygen atoms in total. The van der Waals surface area contributed by atoms with E-state index < -0.39 is 97.5 Å². The number of carbonyl (C=O) groups excluding carboxylic acids is 4. The van der Waals surface area contributed by atoms with Crippen LogP contribution in [0.1, 0.15) is 350 Å². The Morgan fingerprint density at radius 1 is 0.330 bits per heavy atom. The third kappa shape index (κ3) is 61.6. The Hall–Kier alpha value is -1.94. The second kappa shape index (κ2) is 61.3. The molecule has 88 heavy (non-hydrogen) atoms. The Kier molecular flexibility index (Phi) is 59.9. The molecule has 0 rings (SSSR count). The van der Waals surface area contributed by atoms with Gasteiger partial charge in [-0.2, -0.15) is 0 Å². The van der Waals surface area contributed by atoms with Gasteiger partial charge in [0.05, 0.1) is 26.4 Å². The summed E-state index contributed by atoms with van der Waals surface area (Å²) in [7, 11) is -9.90. The third-order valence-electron chi connectivity index (χ3n) is 16.3. The monoisotopic (exact) mass is 1300 g/mol. The van der Waals surface area contributed by atoms with E-state index >= 15 is 0 Å². The molecule has 0 aromatic carbocycles. The number of hydrogen-bond donors (Lipinski definition) is 3. The molecule has 3 N–H and O–H groups in total. The fourth-order valence-corrected chi connectivity index (χ4v) is 12.0. The number of unbranched alkanes of at least 4 members (excludes halogenated alkanes) is 37. The van der Waals surface area contributed by atoms with Crippen molar-refractivity contribution in [3.63, 3.8) is 0 Å². The molecule has 0 aromatic heterocycles. The van der Waals surface area contributed by atoms with Gasteiger partial charge in [-0.05, 0) is 37.5 Å². The Balaban J connectivity index is 5.25. The van der Waals surface area contributed by atoms with Crippen LogP contribution in [-0.2, 0) is 65.4 Å². The molecule has 0 aliphatic rings. The van der Waals surface area contributed by atoms with Crippen LogP contribution < -0.4 is 0 Å². The molecule has 0 aliphatic heterocycles. The van der Waals surface area contributed by atoms with Crippen molar-refractivity contribution in [3.8, 4) is 0 Å². The van der Waals surface area contributed by atoms with Crippen molar-refractivity contribution in [1.82, 2.24) is 0 Å². The first-order valence-corrected chi connectivity index (χ1v) is 39.0. The highest BCUT2D eigenvalue weighted by Gasteiger charge is 2.30. The second-order valence-electron chi connectivity index (χ2n) is 25.6. The Bertz CT molecular complexity index is 1720. The minimum Gasteiger partial charge on any atom is -0.462 e. The molecule has 3 unspecified atom stereocenters. The van der Waals surface area contributed by atoms with Gasteiger partial charge >= 0.3 is 39.5 Å². The van der Waals surface area contributed by atoms with Gasteiger partial charge in [-0.15, -0.1) is 0 Å². The maximum absolute atomic E-state index is 13.0. The van der Waals surface area contributed by atoms with Gasteiger partial charge in [-0.25, -0.2) is 9.13 Å². The molecule has 0 saturated heterocycles. The molecule has 0 amide bonds. The largest absolute Gasteiger partial charge is 0.472 e. The number of hydrogen-bond acceptors (Lipinski definition) is 15. The zero-order chi connectivity index (χ0) is 65.0. The van der Waals surface area contributed by atoms with E-state index in [1.807, 2.05) is 0 Å². The molecule has 0 bridgehead atoms. The summed E-state index contributed by atoms with van der Waals surface area (Å²) in [6, 6.07) is 0. The SMILES string of the molecule is CCCCCCCCCCCCCCCCCC(=O)O[C@H](COC(=O)CCCCCCCCCCC(C)CC)COP(=O)(O)OC[C@@H](O)COP(=O)(O)OC[C@@H](COC(=O)CCCCCCCCCC(C)C)OC(=O)CCCCCCCCCCCCC. The number of ether oxygens (including phenoxy) is 4. The van der Waals surface area contributed by atoms with Gasteiger partial charge in [-0.3, -0.25) is 37.3 Å². The van der Waals surface area contributed by atoms with Crippen LogP contribution in [0, 0.1) is 11.8 Å². The number of esters is 4. The van der Waals surface area contributed by atoms with Gasteiger partial charge in [0.25, 0.3) is 0 Å². The van der Waals surface area contributed by atoms with E-state index in [0.717, 1.165) is 102 Å². The Labute approximate surface area is 537 Å². The Morgan fingerprint density at radius 2 is 0.580 bits per heavy atom. The molecule has 6 atom stereocenters. The number of aliphatic hydroxyl groups excluding tert-OH is 1. The predicted molar refractivity (Wildman–Crippen MR) is 354 cm³/mol. The van der Waals surface area contributed by atoms with Gasteiger partial charge < -0.3 is 33.8 Å². The molecule has 0 aliphatic carbocycles. The fraction of sp³-hybridized carbons (Fsp3) is 0.942. The van der Waals surface area contributed by atoms with Gasteiger partial charge in [0, 0.05) is 25.7 Å². The van der Waals surface area contributed by atoms with Gasteiger partial charge in [0.15, 0.2) is 12.2 Å². The highest BCUT2D eigenvalue weighted by atomic mass is 31.2. The molecule has 0 spiro atoms. The summed E-state index contributed by atoms with van der Waals surface area (Å²) in [5.41, 5.74) is 0. The van der Waals surface area contributed by atoms with Gasteiger partial charge in [0.1, 0.15) is 19.3 Å². The zero-order valence-electron chi connectivity index (χ0n) is 57.0. The number of rotatable bonds is 68. The molecule has 522 valence electrons. The quantitative estimate of drug-likeness (QED) is 0.0222. The van der Waals surface area contributed by atoms with Crippen molar-refractivity contribution < 1.29 is 80.2 Å². The minimum absolute atomic E-state index is 0.106. The van der Waals surface area contributed by atoms with E-state index in [1.54, 1.807) is 0 Å². The van der Waals surface area contributed by atoms with Crippen LogP contribution in [0.15, 0.2) is 0 Å². The molecule has 0 radical (unpaired) electrons. The maximum Gasteiger partial charge on any atom is 0.472 e. The van der Waals surface area contributed by atoms with E-state index in [9.17, 15) is 43.2 Å². The lowest BCUT2D eigenvalue weighted by Crippen LogP contribution is -2.30. The first-order chi connectivity index (χ1) is 42.4. The van der Waals surface area contributed by atoms with Gasteiger partial charge in [0.2, 0.25) is 0 Å². The number of aliphatic hydroxyl groups is 1. The van der Waals surface area contributed by atoms with E-state index in [-0.39, 0.29) is 25.7 Å². The molecular formula is C69H134O17P2. The normalized spacial score (nSPS) is 14.5. The minimum atomic E-state index is -4.95. The van der Waals surface area contributed by atoms with Crippen molar-refractivity contribution >= 4 is 39.5 Å². The lowest BCUT2D eigenvalue weighted by Gasteiger charge is -2.21. The van der Waals surface area contributed by atoms with Gasteiger partial charge in [-0.1, -0.05) is 298 Å². The topological polar surface area (TPSA) is 237 Å². The van der Waals surface area contributed by atoms with Crippen LogP contribution >= 0.6 is 15.6 Å². The molecular weight excluding hydrogens is 1160 g/mol. The van der Waals surface area contributed by atoms with E-state index in [1.165, 1.54) is 161 Å². The summed E-state index contributed by atoms with van der Waals surface area (Å²) < 4.78 is 68.2. The number of carbonyl (C=O) groups is 4. The second-order valence-corrected chi connectivity index (χ2v) is 28.5. The summed E-state index contributed by atoms with van der Waals surface area (Å²) in [6.45, 7) is 9.49. The maximum atomic E-state index is 13.0.